The number of esters is 1. The van der Waals surface area contributed by atoms with Crippen LogP contribution in [0.5, 0.6) is 0 Å². The van der Waals surface area contributed by atoms with Crippen molar-refractivity contribution in [1.82, 2.24) is 26.2 Å². The SMILES string of the molecule is CCCCC(NC(=O)CNC(=O)C(=O)C(CCC)NC(=O)[C@@H]1C[C@@H](OCC(=O)OC(C)(C)C)CN1C(=O)C(NC(=O)Cc1ccc(Cl)cc1)C1CCCCC1)C(N)=O. The number of nitrogens with zero attached hydrogens (tertiary/aromatic N) is 1. The summed E-state index contributed by atoms with van der Waals surface area (Å²) in [7, 11) is 0. The van der Waals surface area contributed by atoms with Gasteiger partial charge in [-0.3, -0.25) is 33.6 Å². The zero-order valence-electron chi connectivity index (χ0n) is 34.4. The lowest BCUT2D eigenvalue weighted by Gasteiger charge is -2.35. The number of amides is 6. The summed E-state index contributed by atoms with van der Waals surface area (Å²) in [6, 6.07) is 2.39. The molecular formula is C41H61ClN6O10. The molecule has 0 radical (unpaired) electrons. The predicted octanol–water partition coefficient (Wildman–Crippen LogP) is 2.41. The van der Waals surface area contributed by atoms with E-state index in [1.807, 2.05) is 6.92 Å². The molecule has 17 heteroatoms. The monoisotopic (exact) mass is 832 g/mol. The normalized spacial score (nSPS) is 18.6. The van der Waals surface area contributed by atoms with Crippen LogP contribution in [0.1, 0.15) is 111 Å². The molecule has 1 saturated carbocycles. The average Bonchev–Trinajstić information content (AvgIpc) is 3.61. The van der Waals surface area contributed by atoms with E-state index in [1.165, 1.54) is 4.90 Å². The summed E-state index contributed by atoms with van der Waals surface area (Å²) in [4.78, 5) is 107. The fraction of sp³-hybridized carbons (Fsp3) is 0.659. The van der Waals surface area contributed by atoms with Crippen LogP contribution < -0.4 is 27.0 Å². The number of nitrogens with two attached hydrogens (primary N) is 1. The Morgan fingerprint density at radius 2 is 1.55 bits per heavy atom. The van der Waals surface area contributed by atoms with Gasteiger partial charge in [0.1, 0.15) is 30.3 Å². The lowest BCUT2D eigenvalue weighted by Crippen LogP contribution is -2.58. The number of rotatable bonds is 21. The molecular weight excluding hydrogens is 772 g/mol. The molecule has 0 aromatic heterocycles. The zero-order valence-corrected chi connectivity index (χ0v) is 35.1. The first-order valence-corrected chi connectivity index (χ1v) is 20.7. The molecule has 2 aliphatic rings. The van der Waals surface area contributed by atoms with E-state index in [1.54, 1.807) is 52.0 Å². The van der Waals surface area contributed by atoms with Crippen molar-refractivity contribution in [2.75, 3.05) is 19.7 Å². The van der Waals surface area contributed by atoms with Crippen molar-refractivity contribution in [2.24, 2.45) is 11.7 Å². The molecule has 3 unspecified atom stereocenters. The summed E-state index contributed by atoms with van der Waals surface area (Å²) in [6.07, 6.45) is 5.43. The van der Waals surface area contributed by atoms with Gasteiger partial charge in [-0.2, -0.15) is 0 Å². The van der Waals surface area contributed by atoms with E-state index in [4.69, 9.17) is 26.8 Å². The van der Waals surface area contributed by atoms with Crippen LogP contribution in [0.2, 0.25) is 5.02 Å². The molecule has 3 rings (SSSR count). The van der Waals surface area contributed by atoms with Crippen LogP contribution in [0.25, 0.3) is 0 Å². The van der Waals surface area contributed by atoms with Crippen molar-refractivity contribution in [2.45, 2.75) is 148 Å². The number of ether oxygens (including phenoxy) is 2. The van der Waals surface area contributed by atoms with Gasteiger partial charge in [-0.15, -0.1) is 0 Å². The van der Waals surface area contributed by atoms with Crippen LogP contribution in [0, 0.1) is 5.92 Å². The van der Waals surface area contributed by atoms with Crippen LogP contribution in [-0.4, -0.2) is 108 Å². The number of Topliss-reactive ketones (excluding diaryl/α,β-unsaturated/α-hetero) is 1. The molecule has 16 nitrogen and oxygen atoms in total. The first-order valence-electron chi connectivity index (χ1n) is 20.3. The minimum absolute atomic E-state index is 0.00563. The molecule has 1 aliphatic carbocycles. The second-order valence-corrected chi connectivity index (χ2v) is 16.5. The van der Waals surface area contributed by atoms with E-state index in [2.05, 4.69) is 21.3 Å². The maximum Gasteiger partial charge on any atom is 0.332 e. The molecule has 322 valence electrons. The highest BCUT2D eigenvalue weighted by molar-refractivity contribution is 6.38. The van der Waals surface area contributed by atoms with Gasteiger partial charge in [-0.05, 0) is 70.1 Å². The largest absolute Gasteiger partial charge is 0.458 e. The highest BCUT2D eigenvalue weighted by atomic mass is 35.5. The molecule has 1 aliphatic heterocycles. The lowest BCUT2D eigenvalue weighted by molar-refractivity contribution is -0.162. The molecule has 1 heterocycles. The number of primary amides is 1. The quantitative estimate of drug-likeness (QED) is 0.0897. The Morgan fingerprint density at radius 3 is 2.16 bits per heavy atom. The Labute approximate surface area is 345 Å². The van der Waals surface area contributed by atoms with Gasteiger partial charge in [0.2, 0.25) is 35.3 Å². The molecule has 1 aromatic carbocycles. The van der Waals surface area contributed by atoms with Crippen LogP contribution in [-0.2, 0) is 54.3 Å². The van der Waals surface area contributed by atoms with E-state index < -0.39 is 90.3 Å². The highest BCUT2D eigenvalue weighted by Crippen LogP contribution is 2.30. The summed E-state index contributed by atoms with van der Waals surface area (Å²) in [6.45, 7) is 7.67. The van der Waals surface area contributed by atoms with E-state index in [-0.39, 0.29) is 37.6 Å². The summed E-state index contributed by atoms with van der Waals surface area (Å²) in [5.74, 6) is -6.05. The molecule has 58 heavy (non-hydrogen) atoms. The highest BCUT2D eigenvalue weighted by Gasteiger charge is 2.45. The van der Waals surface area contributed by atoms with E-state index in [0.29, 0.717) is 42.7 Å². The summed E-state index contributed by atoms with van der Waals surface area (Å²) in [5.41, 5.74) is 5.32. The second kappa shape index (κ2) is 23.1. The molecule has 6 amide bonds. The van der Waals surface area contributed by atoms with Gasteiger partial charge < -0.3 is 41.4 Å². The number of ketones is 1. The number of likely N-dealkylation sites (tertiary alicyclic amines) is 1. The Bertz CT molecular complexity index is 1610. The number of hydrogen-bond donors (Lipinski definition) is 5. The minimum atomic E-state index is -1.31. The van der Waals surface area contributed by atoms with E-state index >= 15 is 0 Å². The van der Waals surface area contributed by atoms with Crippen molar-refractivity contribution in [3.63, 3.8) is 0 Å². The number of nitrogens with one attached hydrogen (secondary N) is 4. The van der Waals surface area contributed by atoms with Crippen LogP contribution in [0.3, 0.4) is 0 Å². The molecule has 2 fully saturated rings. The van der Waals surface area contributed by atoms with E-state index in [0.717, 1.165) is 25.7 Å². The smallest absolute Gasteiger partial charge is 0.332 e. The van der Waals surface area contributed by atoms with E-state index in [9.17, 15) is 38.4 Å². The number of carbonyl (C=O) groups is 8. The molecule has 1 saturated heterocycles. The van der Waals surface area contributed by atoms with Crippen molar-refractivity contribution >= 4 is 58.8 Å². The minimum Gasteiger partial charge on any atom is -0.458 e. The zero-order chi connectivity index (χ0) is 43.0. The molecule has 5 atom stereocenters. The first kappa shape index (κ1) is 47.8. The number of carbonyl (C=O) groups excluding carboxylic acids is 8. The fourth-order valence-electron chi connectivity index (χ4n) is 7.18. The second-order valence-electron chi connectivity index (χ2n) is 16.1. The Morgan fingerprint density at radius 1 is 0.879 bits per heavy atom. The summed E-state index contributed by atoms with van der Waals surface area (Å²) >= 11 is 6.03. The van der Waals surface area contributed by atoms with Crippen LogP contribution in [0.4, 0.5) is 0 Å². The Kier molecular flexibility index (Phi) is 19.1. The molecule has 6 N–H and O–H groups in total. The maximum atomic E-state index is 14.6. The summed E-state index contributed by atoms with van der Waals surface area (Å²) in [5, 5.41) is 10.8. The third kappa shape index (κ3) is 15.6. The number of halogens is 1. The maximum absolute atomic E-state index is 14.6. The third-order valence-corrected chi connectivity index (χ3v) is 10.3. The molecule has 1 aromatic rings. The van der Waals surface area contributed by atoms with Crippen molar-refractivity contribution < 1.29 is 47.8 Å². The van der Waals surface area contributed by atoms with Crippen molar-refractivity contribution in [3.8, 4) is 0 Å². The predicted molar refractivity (Wildman–Crippen MR) is 215 cm³/mol. The summed E-state index contributed by atoms with van der Waals surface area (Å²) < 4.78 is 11.2. The van der Waals surface area contributed by atoms with Gasteiger partial charge >= 0.3 is 5.97 Å². The Balaban J connectivity index is 1.81. The standard InChI is InChI=1S/C41H61ClN6O10/c1-6-8-15-30(37(43)53)45-33(50)22-44-39(55)36(52)29(12-7-2)46-38(54)31-21-28(57-24-34(51)58-41(3,4)5)23-48(31)40(56)35(26-13-10-9-11-14-26)47-32(49)20-25-16-18-27(42)19-17-25/h16-19,26,28-31,35H,6-15,20-24H2,1-5H3,(H2,43,53)(H,44,55)(H,45,50)(H,46,54)(H,47,49)/t28-,29?,30?,31+,35?/m1/s1. The van der Waals surface area contributed by atoms with Gasteiger partial charge in [-0.1, -0.05) is 76.1 Å². The van der Waals surface area contributed by atoms with Crippen LogP contribution in [0.15, 0.2) is 24.3 Å². The number of unbranched alkanes of at least 4 members (excludes halogenated alkanes) is 1. The van der Waals surface area contributed by atoms with Gasteiger partial charge in [0.15, 0.2) is 0 Å². The molecule has 0 spiro atoms. The topological polar surface area (TPSA) is 232 Å². The fourth-order valence-corrected chi connectivity index (χ4v) is 7.30. The average molecular weight is 833 g/mol. The van der Waals surface area contributed by atoms with Crippen molar-refractivity contribution in [1.29, 1.82) is 0 Å². The number of hydrogen-bond acceptors (Lipinski definition) is 10. The lowest BCUT2D eigenvalue weighted by atomic mass is 9.83. The van der Waals surface area contributed by atoms with Gasteiger partial charge in [0.05, 0.1) is 25.1 Å². The number of benzene rings is 1. The first-order chi connectivity index (χ1) is 27.4. The van der Waals surface area contributed by atoms with Gasteiger partial charge in [0, 0.05) is 18.0 Å². The Hall–Kier alpha value is -4.57. The molecule has 0 bridgehead atoms. The van der Waals surface area contributed by atoms with Crippen LogP contribution >= 0.6 is 11.6 Å². The third-order valence-electron chi connectivity index (χ3n) is 10.1. The van der Waals surface area contributed by atoms with Crippen molar-refractivity contribution in [3.05, 3.63) is 34.9 Å². The van der Waals surface area contributed by atoms with Gasteiger partial charge in [-0.25, -0.2) is 4.79 Å². The van der Waals surface area contributed by atoms with Gasteiger partial charge in [0.25, 0.3) is 5.91 Å².